The molecule has 0 fully saturated rings. The van der Waals surface area contributed by atoms with Gasteiger partial charge in [-0.05, 0) is 29.8 Å². The molecule has 0 aliphatic rings. The van der Waals surface area contributed by atoms with E-state index in [1.807, 2.05) is 0 Å². The molecule has 0 atom stereocenters. The molecule has 10 heteroatoms. The number of ether oxygens (including phenoxy) is 2. The molecule has 2 aromatic rings. The number of nitrogens with zero attached hydrogens (tertiary/aromatic N) is 1. The number of nitrogens with two attached hydrogens (primary N) is 1. The number of anilines is 1. The lowest BCUT2D eigenvalue weighted by Crippen LogP contribution is -2.24. The van der Waals surface area contributed by atoms with Crippen LogP contribution in [0.15, 0.2) is 53.5 Å². The fraction of sp³-hybridized carbons (Fsp3) is 0.176. The second-order valence-corrected chi connectivity index (χ2v) is 5.06. The summed E-state index contributed by atoms with van der Waals surface area (Å²) in [7, 11) is 1.27. The number of alkyl halides is 3. The van der Waals surface area contributed by atoms with Gasteiger partial charge < -0.3 is 20.5 Å². The highest BCUT2D eigenvalue weighted by Gasteiger charge is 2.32. The average Bonchev–Trinajstić information content (AvgIpc) is 2.60. The monoisotopic (exact) mass is 495 g/mol. The van der Waals surface area contributed by atoms with Gasteiger partial charge in [0.25, 0.3) is 0 Å². The molecule has 0 bridgehead atoms. The van der Waals surface area contributed by atoms with Crippen LogP contribution in [-0.2, 0) is 11.3 Å². The Hall–Kier alpha value is -2.50. The van der Waals surface area contributed by atoms with E-state index in [9.17, 15) is 18.0 Å². The highest BCUT2D eigenvalue weighted by molar-refractivity contribution is 14.0. The Labute approximate surface area is 170 Å². The number of hydrogen-bond acceptors (Lipinski definition) is 4. The van der Waals surface area contributed by atoms with Crippen LogP contribution in [0.5, 0.6) is 5.75 Å². The van der Waals surface area contributed by atoms with E-state index in [1.165, 1.54) is 25.3 Å². The molecule has 0 spiro atoms. The molecule has 0 unspecified atom stereocenters. The number of carbonyl (C=O) groups excluding carboxylic acids is 1. The summed E-state index contributed by atoms with van der Waals surface area (Å²) in [5.41, 5.74) is 6.78. The molecule has 0 heterocycles. The van der Waals surface area contributed by atoms with Crippen molar-refractivity contribution in [1.82, 2.24) is 0 Å². The van der Waals surface area contributed by atoms with Crippen LogP contribution in [0, 0.1) is 0 Å². The van der Waals surface area contributed by atoms with Crippen LogP contribution in [0.4, 0.5) is 18.9 Å². The van der Waals surface area contributed by atoms with Crippen LogP contribution in [0.2, 0.25) is 0 Å². The average molecular weight is 495 g/mol. The lowest BCUT2D eigenvalue weighted by atomic mass is 10.1. The number of esters is 1. The molecule has 3 N–H and O–H groups in total. The fourth-order valence-corrected chi connectivity index (χ4v) is 2.05. The van der Waals surface area contributed by atoms with Gasteiger partial charge in [-0.25, -0.2) is 9.79 Å². The first-order chi connectivity index (χ1) is 12.3. The summed E-state index contributed by atoms with van der Waals surface area (Å²) < 4.78 is 45.8. The third kappa shape index (κ3) is 7.33. The minimum Gasteiger partial charge on any atom is -0.465 e. The normalized spacial score (nSPS) is 11.3. The van der Waals surface area contributed by atoms with Crippen molar-refractivity contribution >= 4 is 41.6 Å². The van der Waals surface area contributed by atoms with E-state index >= 15 is 0 Å². The maximum absolute atomic E-state index is 12.4. The lowest BCUT2D eigenvalue weighted by molar-refractivity contribution is -0.274. The van der Waals surface area contributed by atoms with E-state index < -0.39 is 18.1 Å². The summed E-state index contributed by atoms with van der Waals surface area (Å²) >= 11 is 0. The molecule has 0 aromatic heterocycles. The van der Waals surface area contributed by atoms with E-state index in [1.54, 1.807) is 24.3 Å². The van der Waals surface area contributed by atoms with Gasteiger partial charge >= 0.3 is 12.3 Å². The van der Waals surface area contributed by atoms with Crippen molar-refractivity contribution in [1.29, 1.82) is 0 Å². The van der Waals surface area contributed by atoms with Crippen molar-refractivity contribution in [3.8, 4) is 5.75 Å². The van der Waals surface area contributed by atoms with E-state index in [-0.39, 0.29) is 42.2 Å². The van der Waals surface area contributed by atoms with Gasteiger partial charge in [0.05, 0.1) is 24.9 Å². The van der Waals surface area contributed by atoms with Gasteiger partial charge in [0, 0.05) is 0 Å². The van der Waals surface area contributed by atoms with Crippen molar-refractivity contribution in [3.63, 3.8) is 0 Å². The third-order valence-electron chi connectivity index (χ3n) is 3.16. The molecule has 0 radical (unpaired) electrons. The maximum Gasteiger partial charge on any atom is 0.573 e. The van der Waals surface area contributed by atoms with Crippen molar-refractivity contribution in [2.24, 2.45) is 10.7 Å². The first-order valence-corrected chi connectivity index (χ1v) is 7.37. The number of aliphatic imine (C=N–C) groups is 1. The van der Waals surface area contributed by atoms with Gasteiger partial charge in [-0.2, -0.15) is 0 Å². The molecule has 2 aromatic carbocycles. The third-order valence-corrected chi connectivity index (χ3v) is 3.16. The number of nitrogens with one attached hydrogen (secondary N) is 1. The minimum absolute atomic E-state index is 0. The van der Waals surface area contributed by atoms with Crippen molar-refractivity contribution in [2.75, 3.05) is 12.4 Å². The Balaban J connectivity index is 0.00000364. The number of guanidine groups is 1. The van der Waals surface area contributed by atoms with Gasteiger partial charge in [0.15, 0.2) is 11.7 Å². The number of halogens is 4. The Bertz CT molecular complexity index is 813. The smallest absolute Gasteiger partial charge is 0.465 e. The summed E-state index contributed by atoms with van der Waals surface area (Å²) in [6.07, 6.45) is -4.82. The molecule has 0 saturated heterocycles. The highest BCUT2D eigenvalue weighted by Crippen LogP contribution is 2.29. The minimum atomic E-state index is -4.82. The maximum atomic E-state index is 12.4. The van der Waals surface area contributed by atoms with E-state index in [4.69, 9.17) is 5.73 Å². The first kappa shape index (κ1) is 22.5. The zero-order valence-electron chi connectivity index (χ0n) is 14.1. The number of para-hydroxylation sites is 2. The van der Waals surface area contributed by atoms with Gasteiger partial charge in [-0.1, -0.05) is 24.3 Å². The van der Waals surface area contributed by atoms with Crippen LogP contribution in [0.1, 0.15) is 15.9 Å². The second kappa shape index (κ2) is 10.00. The molecule has 2 rings (SSSR count). The van der Waals surface area contributed by atoms with Crippen LogP contribution >= 0.6 is 24.0 Å². The molecule has 0 amide bonds. The zero-order valence-corrected chi connectivity index (χ0v) is 16.4. The second-order valence-electron chi connectivity index (χ2n) is 5.06. The Kier molecular flexibility index (Phi) is 8.34. The number of carbonyl (C=O) groups is 1. The Morgan fingerprint density at radius 3 is 2.56 bits per heavy atom. The van der Waals surface area contributed by atoms with E-state index in [0.717, 1.165) is 6.07 Å². The van der Waals surface area contributed by atoms with Gasteiger partial charge in [0.1, 0.15) is 0 Å². The van der Waals surface area contributed by atoms with Crippen LogP contribution < -0.4 is 15.8 Å². The van der Waals surface area contributed by atoms with Gasteiger partial charge in [-0.3, -0.25) is 0 Å². The number of methoxy groups -OCH3 is 1. The molecular weight excluding hydrogens is 478 g/mol. The molecule has 0 aliphatic carbocycles. The number of benzene rings is 2. The van der Waals surface area contributed by atoms with Crippen molar-refractivity contribution < 1.29 is 27.4 Å². The van der Waals surface area contributed by atoms with Crippen LogP contribution in [0.3, 0.4) is 0 Å². The predicted octanol–water partition coefficient (Wildman–Crippen LogP) is 3.92. The Morgan fingerprint density at radius 2 is 1.89 bits per heavy atom. The van der Waals surface area contributed by atoms with E-state index in [2.05, 4.69) is 19.8 Å². The summed E-state index contributed by atoms with van der Waals surface area (Å²) in [5, 5.41) is 2.56. The summed E-state index contributed by atoms with van der Waals surface area (Å²) in [4.78, 5) is 15.5. The number of hydrogen-bond donors (Lipinski definition) is 2. The molecule has 146 valence electrons. The van der Waals surface area contributed by atoms with Gasteiger partial charge in [0.2, 0.25) is 0 Å². The molecule has 27 heavy (non-hydrogen) atoms. The predicted molar refractivity (Wildman–Crippen MR) is 105 cm³/mol. The fourth-order valence-electron chi connectivity index (χ4n) is 2.05. The van der Waals surface area contributed by atoms with E-state index in [0.29, 0.717) is 11.1 Å². The quantitative estimate of drug-likeness (QED) is 0.285. The summed E-state index contributed by atoms with van der Waals surface area (Å²) in [6.45, 7) is 0.117. The van der Waals surface area contributed by atoms with Crippen molar-refractivity contribution in [2.45, 2.75) is 12.9 Å². The molecule has 6 nitrogen and oxygen atoms in total. The number of rotatable bonds is 5. The highest BCUT2D eigenvalue weighted by atomic mass is 127. The zero-order chi connectivity index (χ0) is 19.2. The SMILES string of the molecule is COC(=O)c1cccc(CN=C(N)Nc2ccccc2OC(F)(F)F)c1.I. The standard InChI is InChI=1S/C17H16F3N3O3.HI/c1-25-15(24)12-6-4-5-11(9-12)10-22-16(21)23-13-7-2-3-8-14(13)26-17(18,19)20;/h2-9H,10H2,1H3,(H3,21,22,23);1H. The topological polar surface area (TPSA) is 85.9 Å². The Morgan fingerprint density at radius 1 is 1.19 bits per heavy atom. The summed E-state index contributed by atoms with van der Waals surface area (Å²) in [5.74, 6) is -1.02. The largest absolute Gasteiger partial charge is 0.573 e. The van der Waals surface area contributed by atoms with Crippen LogP contribution in [0.25, 0.3) is 0 Å². The van der Waals surface area contributed by atoms with Crippen LogP contribution in [-0.4, -0.2) is 25.4 Å². The molecular formula is C17H17F3IN3O3. The molecule has 0 saturated carbocycles. The first-order valence-electron chi connectivity index (χ1n) is 7.37. The summed E-state index contributed by atoms with van der Waals surface area (Å²) in [6, 6.07) is 12.0. The lowest BCUT2D eigenvalue weighted by Gasteiger charge is -2.14. The van der Waals surface area contributed by atoms with Gasteiger partial charge in [-0.15, -0.1) is 37.1 Å². The van der Waals surface area contributed by atoms with Crippen molar-refractivity contribution in [3.05, 3.63) is 59.7 Å². The molecule has 0 aliphatic heterocycles.